The van der Waals surface area contributed by atoms with Gasteiger partial charge in [-0.1, -0.05) is 346 Å². The van der Waals surface area contributed by atoms with E-state index in [2.05, 4.69) is 173 Å². The number of fused-ring (bicyclic) bond motifs is 6. The van der Waals surface area contributed by atoms with Crippen LogP contribution in [-0.4, -0.2) is 34.1 Å². The molecular weight excluding hydrogens is 1050 g/mol. The molecule has 0 saturated heterocycles. The Morgan fingerprint density at radius 2 is 0.419 bits per heavy atom. The summed E-state index contributed by atoms with van der Waals surface area (Å²) in [5.74, 6) is 0. The molecule has 0 amide bonds. The standard InChI is InChI=1S/2C13H11N.2C6H6.2C6H10.C4H4N2.C3H3N3.2C3H8.8C2H6/c2*1-14-12-8-4-2-6-10(12)11-7-3-5-9-13(11)14;2*1-2-4-6-5-3-1;2*1-3-5-6-4-2;1-2-5-4-6-3-1;1-4-2-6-3-5-1;2*1-3-2;8*1-2/h2*2-9H,1H3;2*1-6H;2*3-6H,1-2H3;1-4H;1-3H;2*3H2,1-2H3;8*1-2H3/b;;;;2*5-3-,6-4-;;;;;;;;;;;;. The van der Waals surface area contributed by atoms with Gasteiger partial charge in [0.25, 0.3) is 0 Å². The molecule has 0 saturated carbocycles. The molecule has 10 rings (SSSR count). The summed E-state index contributed by atoms with van der Waals surface area (Å²) in [7, 11) is 4.23. The lowest BCUT2D eigenvalue weighted by Gasteiger charge is -1.95. The van der Waals surface area contributed by atoms with Gasteiger partial charge in [-0.2, -0.15) is 0 Å². The number of allylic oxidation sites excluding steroid dienone is 8. The van der Waals surface area contributed by atoms with Crippen molar-refractivity contribution in [3.05, 3.63) is 262 Å². The Balaban J connectivity index is -0.000000132. The second-order valence-corrected chi connectivity index (χ2v) is 14.7. The largest absolute Gasteiger partial charge is 0.344 e. The van der Waals surface area contributed by atoms with E-state index in [1.807, 2.05) is 260 Å². The molecule has 0 fully saturated rings. The van der Waals surface area contributed by atoms with Gasteiger partial charge in [0.2, 0.25) is 0 Å². The van der Waals surface area contributed by atoms with Crippen LogP contribution in [0.4, 0.5) is 0 Å². The van der Waals surface area contributed by atoms with E-state index in [4.69, 9.17) is 0 Å². The zero-order valence-electron chi connectivity index (χ0n) is 59.4. The van der Waals surface area contributed by atoms with Crippen LogP contribution < -0.4 is 0 Å². The van der Waals surface area contributed by atoms with Gasteiger partial charge in [0.15, 0.2) is 0 Å². The van der Waals surface area contributed by atoms with Crippen molar-refractivity contribution in [3.63, 3.8) is 0 Å². The Kier molecular flexibility index (Phi) is 94.1. The molecule has 0 N–H and O–H groups in total. The maximum atomic E-state index is 3.67. The number of benzene rings is 6. The quantitative estimate of drug-likeness (QED) is 0.161. The molecule has 0 spiro atoms. The molecule has 0 aliphatic carbocycles. The molecule has 476 valence electrons. The third-order valence-corrected chi connectivity index (χ3v) is 8.84. The predicted molar refractivity (Wildman–Crippen MR) is 398 cm³/mol. The molecule has 0 atom stereocenters. The van der Waals surface area contributed by atoms with Crippen molar-refractivity contribution in [2.45, 2.75) is 179 Å². The fraction of sp³-hybridized carbons (Fsp3) is 0.354. The second kappa shape index (κ2) is 85.8. The van der Waals surface area contributed by atoms with Crippen LogP contribution >= 0.6 is 0 Å². The van der Waals surface area contributed by atoms with E-state index in [9.17, 15) is 0 Å². The highest BCUT2D eigenvalue weighted by Crippen LogP contribution is 2.28. The predicted octanol–water partition coefficient (Wildman–Crippen LogP) is 25.7. The number of aryl methyl sites for hydroxylation is 2. The van der Waals surface area contributed by atoms with E-state index in [0.29, 0.717) is 0 Å². The maximum absolute atomic E-state index is 3.67. The highest BCUT2D eigenvalue weighted by Gasteiger charge is 2.06. The van der Waals surface area contributed by atoms with Gasteiger partial charge in [0.05, 0.1) is 0 Å². The van der Waals surface area contributed by atoms with Crippen LogP contribution in [0.15, 0.2) is 262 Å². The summed E-state index contributed by atoms with van der Waals surface area (Å²) in [4.78, 5) is 18.0. The third kappa shape index (κ3) is 52.7. The van der Waals surface area contributed by atoms with E-state index in [1.54, 1.807) is 18.5 Å². The van der Waals surface area contributed by atoms with E-state index in [-0.39, 0.29) is 0 Å². The molecule has 86 heavy (non-hydrogen) atoms. The summed E-state index contributed by atoms with van der Waals surface area (Å²) in [5.41, 5.74) is 5.20. The van der Waals surface area contributed by atoms with Gasteiger partial charge < -0.3 is 9.13 Å². The van der Waals surface area contributed by atoms with Gasteiger partial charge in [-0.15, -0.1) is 0 Å². The zero-order chi connectivity index (χ0) is 67.1. The van der Waals surface area contributed by atoms with E-state index in [0.717, 1.165) is 0 Å². The molecule has 7 nitrogen and oxygen atoms in total. The van der Waals surface area contributed by atoms with Crippen molar-refractivity contribution in [1.29, 1.82) is 0 Å². The SMILES string of the molecule is C/C=C\C=C/C.C/C=C\C=C/C.CC.CC.CC.CC.CC.CC.CC.CC.CCC.CCC.Cn1c2ccccc2c2ccccc21.Cn1c2ccccc2c2ccccc21.c1ccccc1.c1ccccc1.c1cncnc1.c1ncncn1. The average molecular weight is 1170 g/mol. The number of para-hydroxylation sites is 4. The van der Waals surface area contributed by atoms with Crippen molar-refractivity contribution >= 4 is 43.6 Å². The lowest BCUT2D eigenvalue weighted by molar-refractivity contribution is 1.01. The Morgan fingerprint density at radius 3 is 0.547 bits per heavy atom. The van der Waals surface area contributed by atoms with Gasteiger partial charge >= 0.3 is 0 Å². The molecule has 0 aliphatic heterocycles. The zero-order valence-corrected chi connectivity index (χ0v) is 59.4. The first kappa shape index (κ1) is 94.4. The summed E-state index contributed by atoms with van der Waals surface area (Å²) in [6.45, 7) is 48.5. The van der Waals surface area contributed by atoms with Crippen LogP contribution in [-0.2, 0) is 14.1 Å². The summed E-state index contributed by atoms with van der Waals surface area (Å²) in [6, 6.07) is 59.8. The van der Waals surface area contributed by atoms with E-state index < -0.39 is 0 Å². The Labute approximate surface area is 530 Å². The van der Waals surface area contributed by atoms with Crippen LogP contribution in [0.3, 0.4) is 0 Å². The minimum atomic E-state index is 1.25. The molecular formula is C79H125N7. The second-order valence-electron chi connectivity index (χ2n) is 14.7. The van der Waals surface area contributed by atoms with E-state index in [1.165, 1.54) is 81.8 Å². The van der Waals surface area contributed by atoms with Crippen LogP contribution in [0.25, 0.3) is 43.6 Å². The monoisotopic (exact) mass is 1170 g/mol. The van der Waals surface area contributed by atoms with Gasteiger partial charge in [-0.25, -0.2) is 24.9 Å². The fourth-order valence-electron chi connectivity index (χ4n) is 5.91. The number of hydrogen-bond donors (Lipinski definition) is 0. The molecule has 7 heteroatoms. The van der Waals surface area contributed by atoms with Crippen molar-refractivity contribution in [2.75, 3.05) is 0 Å². The van der Waals surface area contributed by atoms with Gasteiger partial charge in [0, 0.05) is 70.1 Å². The number of aromatic nitrogens is 7. The minimum Gasteiger partial charge on any atom is -0.344 e. The molecule has 4 aromatic heterocycles. The maximum Gasteiger partial charge on any atom is 0.119 e. The average Bonchev–Trinajstić information content (AvgIpc) is 2.21. The lowest BCUT2D eigenvalue weighted by Crippen LogP contribution is -1.84. The van der Waals surface area contributed by atoms with Crippen molar-refractivity contribution in [2.24, 2.45) is 14.1 Å². The highest BCUT2D eigenvalue weighted by atomic mass is 14.9. The molecule has 0 radical (unpaired) electrons. The van der Waals surface area contributed by atoms with Crippen molar-refractivity contribution in [1.82, 2.24) is 34.1 Å². The third-order valence-electron chi connectivity index (χ3n) is 8.84. The van der Waals surface area contributed by atoms with E-state index >= 15 is 0 Å². The first-order valence-electron chi connectivity index (χ1n) is 32.0. The summed E-state index contributed by atoms with van der Waals surface area (Å²) in [6.07, 6.45) is 27.7. The molecule has 4 heterocycles. The first-order valence-corrected chi connectivity index (χ1v) is 32.0. The molecule has 0 unspecified atom stereocenters. The van der Waals surface area contributed by atoms with Gasteiger partial charge in [-0.3, -0.25) is 0 Å². The normalized spacial score (nSPS) is 8.49. The van der Waals surface area contributed by atoms with Crippen LogP contribution in [0.1, 0.15) is 179 Å². The molecule has 0 bridgehead atoms. The van der Waals surface area contributed by atoms with Crippen molar-refractivity contribution < 1.29 is 0 Å². The van der Waals surface area contributed by atoms with Gasteiger partial charge in [-0.05, 0) is 58.0 Å². The fourth-order valence-corrected chi connectivity index (χ4v) is 5.91. The topological polar surface area (TPSA) is 74.3 Å². The van der Waals surface area contributed by atoms with Crippen LogP contribution in [0.5, 0.6) is 0 Å². The summed E-state index contributed by atoms with van der Waals surface area (Å²) >= 11 is 0. The molecule has 0 aliphatic rings. The van der Waals surface area contributed by atoms with Crippen LogP contribution in [0, 0.1) is 0 Å². The lowest BCUT2D eigenvalue weighted by atomic mass is 10.2. The number of hydrogen-bond acceptors (Lipinski definition) is 5. The number of nitrogens with zero attached hydrogens (tertiary/aromatic N) is 7. The Bertz CT molecular complexity index is 2320. The molecule has 10 aromatic rings. The summed E-state index contributed by atoms with van der Waals surface area (Å²) < 4.78 is 4.48. The highest BCUT2D eigenvalue weighted by molar-refractivity contribution is 6.08. The van der Waals surface area contributed by atoms with Gasteiger partial charge in [0.1, 0.15) is 25.3 Å². The van der Waals surface area contributed by atoms with Crippen molar-refractivity contribution in [3.8, 4) is 0 Å². The Morgan fingerprint density at radius 1 is 0.256 bits per heavy atom. The van der Waals surface area contributed by atoms with Crippen LogP contribution in [0.2, 0.25) is 0 Å². The first-order chi connectivity index (χ1) is 42.4. The number of rotatable bonds is 2. The Hall–Kier alpha value is -8.03. The minimum absolute atomic E-state index is 1.25. The smallest absolute Gasteiger partial charge is 0.119 e. The molecule has 6 aromatic carbocycles. The summed E-state index contributed by atoms with van der Waals surface area (Å²) in [5, 5.41) is 5.35.